The van der Waals surface area contributed by atoms with Gasteiger partial charge in [-0.1, -0.05) is 15.9 Å². The highest BCUT2D eigenvalue weighted by atomic mass is 79.9. The summed E-state index contributed by atoms with van der Waals surface area (Å²) < 4.78 is 31.7. The van der Waals surface area contributed by atoms with Gasteiger partial charge in [-0.3, -0.25) is 0 Å². The van der Waals surface area contributed by atoms with E-state index in [1.165, 1.54) is 6.07 Å². The Balaban J connectivity index is 2.95. The van der Waals surface area contributed by atoms with Crippen LogP contribution in [0.25, 0.3) is 0 Å². The third-order valence-electron chi connectivity index (χ3n) is 2.44. The first-order valence-corrected chi connectivity index (χ1v) is 8.47. The van der Waals surface area contributed by atoms with Crippen LogP contribution in [0.3, 0.4) is 0 Å². The Kier molecular flexibility index (Phi) is 6.14. The van der Waals surface area contributed by atoms with Crippen molar-refractivity contribution in [2.45, 2.75) is 17.9 Å². The van der Waals surface area contributed by atoms with Gasteiger partial charge in [-0.05, 0) is 40.5 Å². The summed E-state index contributed by atoms with van der Waals surface area (Å²) in [6, 6.07) is 3.08. The monoisotopic (exact) mass is 429 g/mol. The highest BCUT2D eigenvalue weighted by Crippen LogP contribution is 2.28. The summed E-state index contributed by atoms with van der Waals surface area (Å²) in [4.78, 5) is 11.0. The lowest BCUT2D eigenvalue weighted by molar-refractivity contribution is -0.149. The van der Waals surface area contributed by atoms with E-state index in [4.69, 9.17) is 0 Å². The molecule has 0 amide bonds. The molecule has 9 heteroatoms. The lowest BCUT2D eigenvalue weighted by Crippen LogP contribution is -2.37. The van der Waals surface area contributed by atoms with Crippen LogP contribution in [0.2, 0.25) is 0 Å². The van der Waals surface area contributed by atoms with Crippen LogP contribution in [0.4, 0.5) is 0 Å². The minimum absolute atomic E-state index is 0.00652. The molecule has 0 spiro atoms. The number of hydrogen-bond acceptors (Lipinski definition) is 5. The van der Waals surface area contributed by atoms with Crippen LogP contribution in [-0.4, -0.2) is 39.3 Å². The minimum Gasteiger partial charge on any atom is -0.467 e. The van der Waals surface area contributed by atoms with Crippen molar-refractivity contribution in [2.75, 3.05) is 13.7 Å². The molecule has 112 valence electrons. The van der Waals surface area contributed by atoms with Crippen molar-refractivity contribution in [3.63, 3.8) is 0 Å². The van der Waals surface area contributed by atoms with Crippen LogP contribution in [0, 0.1) is 6.92 Å². The second kappa shape index (κ2) is 6.99. The molecule has 1 rings (SSSR count). The molecule has 1 unspecified atom stereocenters. The number of nitrogens with one attached hydrogen (secondary N) is 1. The third kappa shape index (κ3) is 4.26. The smallest absolute Gasteiger partial charge is 0.336 e. The largest absolute Gasteiger partial charge is 0.467 e. The van der Waals surface area contributed by atoms with Crippen LogP contribution < -0.4 is 4.72 Å². The molecule has 0 radical (unpaired) electrons. The number of halogens is 2. The van der Waals surface area contributed by atoms with Gasteiger partial charge in [0.2, 0.25) is 10.0 Å². The lowest BCUT2D eigenvalue weighted by atomic mass is 10.2. The predicted octanol–water partition coefficient (Wildman–Crippen LogP) is 1.33. The van der Waals surface area contributed by atoms with E-state index in [1.807, 2.05) is 6.92 Å². The van der Waals surface area contributed by atoms with Crippen LogP contribution in [0.1, 0.15) is 5.56 Å². The van der Waals surface area contributed by atoms with E-state index in [1.54, 1.807) is 6.07 Å². The molecule has 2 N–H and O–H groups in total. The maximum atomic E-state index is 12.1. The van der Waals surface area contributed by atoms with E-state index in [-0.39, 0.29) is 4.90 Å². The Morgan fingerprint density at radius 3 is 2.55 bits per heavy atom. The average Bonchev–Trinajstić information content (AvgIpc) is 2.39. The number of carbonyl (C=O) groups excluding carboxylic acids is 1. The second-order valence-electron chi connectivity index (χ2n) is 3.92. The first-order chi connectivity index (χ1) is 9.19. The molecule has 0 aliphatic carbocycles. The quantitative estimate of drug-likeness (QED) is 0.687. The Labute approximate surface area is 133 Å². The Bertz CT molecular complexity index is 617. The fraction of sp³-hybridized carbons (Fsp3) is 0.364. The standard InChI is InChI=1S/C11H13Br2NO5S/c1-6-3-8(13)10(4-7(6)12)20(17,18)14-5-9(15)11(16)19-2/h3-4,9,14-15H,5H2,1-2H3. The maximum absolute atomic E-state index is 12.1. The van der Waals surface area contributed by atoms with Gasteiger partial charge >= 0.3 is 5.97 Å². The van der Waals surface area contributed by atoms with Gasteiger partial charge in [-0.25, -0.2) is 17.9 Å². The molecule has 0 fully saturated rings. The highest BCUT2D eigenvalue weighted by molar-refractivity contribution is 9.11. The van der Waals surface area contributed by atoms with Crippen LogP contribution in [0.15, 0.2) is 26.0 Å². The number of aryl methyl sites for hydroxylation is 1. The fourth-order valence-electron chi connectivity index (χ4n) is 1.32. The Morgan fingerprint density at radius 1 is 1.40 bits per heavy atom. The number of ether oxygens (including phenoxy) is 1. The molecule has 0 heterocycles. The van der Waals surface area contributed by atoms with Crippen molar-refractivity contribution in [3.05, 3.63) is 26.6 Å². The van der Waals surface area contributed by atoms with Gasteiger partial charge in [0, 0.05) is 15.5 Å². The van der Waals surface area contributed by atoms with E-state index in [0.29, 0.717) is 8.95 Å². The zero-order valence-electron chi connectivity index (χ0n) is 10.7. The number of rotatable bonds is 5. The van der Waals surface area contributed by atoms with Crippen LogP contribution >= 0.6 is 31.9 Å². The molecule has 1 atom stereocenters. The molecular weight excluding hydrogens is 418 g/mol. The number of benzene rings is 1. The minimum atomic E-state index is -3.86. The van der Waals surface area contributed by atoms with Crippen molar-refractivity contribution < 1.29 is 23.1 Å². The highest BCUT2D eigenvalue weighted by Gasteiger charge is 2.23. The first-order valence-electron chi connectivity index (χ1n) is 5.40. The van der Waals surface area contributed by atoms with E-state index in [9.17, 15) is 18.3 Å². The van der Waals surface area contributed by atoms with E-state index in [0.717, 1.165) is 12.7 Å². The molecule has 1 aromatic rings. The molecular formula is C11H13Br2NO5S. The summed E-state index contributed by atoms with van der Waals surface area (Å²) in [6.45, 7) is 1.35. The fourth-order valence-corrected chi connectivity index (χ4v) is 4.03. The summed E-state index contributed by atoms with van der Waals surface area (Å²) >= 11 is 6.42. The van der Waals surface area contributed by atoms with Gasteiger partial charge in [0.05, 0.1) is 12.0 Å². The molecule has 0 saturated carbocycles. The predicted molar refractivity (Wildman–Crippen MR) is 79.8 cm³/mol. The summed E-state index contributed by atoms with van der Waals surface area (Å²) in [5.41, 5.74) is 0.866. The topological polar surface area (TPSA) is 92.7 Å². The number of aliphatic hydroxyl groups is 1. The SMILES string of the molecule is COC(=O)C(O)CNS(=O)(=O)c1cc(Br)c(C)cc1Br. The molecule has 0 saturated heterocycles. The average molecular weight is 431 g/mol. The van der Waals surface area contributed by atoms with E-state index >= 15 is 0 Å². The zero-order valence-corrected chi connectivity index (χ0v) is 14.7. The molecule has 0 aromatic heterocycles. The summed E-state index contributed by atoms with van der Waals surface area (Å²) in [5.74, 6) is -0.906. The first kappa shape index (κ1) is 17.6. The Morgan fingerprint density at radius 2 is 2.00 bits per heavy atom. The van der Waals surface area contributed by atoms with Gasteiger partial charge < -0.3 is 9.84 Å². The van der Waals surface area contributed by atoms with Gasteiger partial charge in [-0.2, -0.15) is 0 Å². The van der Waals surface area contributed by atoms with Gasteiger partial charge in [0.25, 0.3) is 0 Å². The third-order valence-corrected chi connectivity index (χ3v) is 5.68. The number of methoxy groups -OCH3 is 1. The van der Waals surface area contributed by atoms with Crippen LogP contribution in [-0.2, 0) is 19.6 Å². The molecule has 0 aliphatic rings. The van der Waals surface area contributed by atoms with Crippen molar-refractivity contribution >= 4 is 47.9 Å². The zero-order chi connectivity index (χ0) is 15.5. The number of hydrogen-bond donors (Lipinski definition) is 2. The second-order valence-corrected chi connectivity index (χ2v) is 7.37. The Hall–Kier alpha value is -0.480. The number of sulfonamides is 1. The van der Waals surface area contributed by atoms with Crippen molar-refractivity contribution in [1.29, 1.82) is 0 Å². The van der Waals surface area contributed by atoms with Gasteiger partial charge in [0.1, 0.15) is 0 Å². The number of aliphatic hydroxyl groups excluding tert-OH is 1. The number of esters is 1. The summed E-state index contributed by atoms with van der Waals surface area (Å²) in [6.07, 6.45) is -1.55. The molecule has 0 bridgehead atoms. The van der Waals surface area contributed by atoms with Crippen molar-refractivity contribution in [3.8, 4) is 0 Å². The molecule has 6 nitrogen and oxygen atoms in total. The van der Waals surface area contributed by atoms with Crippen molar-refractivity contribution in [2.24, 2.45) is 0 Å². The normalized spacial score (nSPS) is 13.1. The van der Waals surface area contributed by atoms with Gasteiger partial charge in [-0.15, -0.1) is 0 Å². The van der Waals surface area contributed by atoms with Gasteiger partial charge in [0.15, 0.2) is 6.10 Å². The van der Waals surface area contributed by atoms with Crippen molar-refractivity contribution in [1.82, 2.24) is 4.72 Å². The van der Waals surface area contributed by atoms with Crippen LogP contribution in [0.5, 0.6) is 0 Å². The number of carbonyl (C=O) groups is 1. The molecule has 1 aromatic carbocycles. The van der Waals surface area contributed by atoms with E-state index in [2.05, 4.69) is 41.3 Å². The summed E-state index contributed by atoms with van der Waals surface area (Å²) in [5, 5.41) is 9.37. The molecule has 0 aliphatic heterocycles. The molecule has 20 heavy (non-hydrogen) atoms. The maximum Gasteiger partial charge on any atom is 0.336 e. The summed E-state index contributed by atoms with van der Waals surface area (Å²) in [7, 11) is -2.76. The lowest BCUT2D eigenvalue weighted by Gasteiger charge is -2.12. The van der Waals surface area contributed by atoms with E-state index < -0.39 is 28.6 Å².